The Balaban J connectivity index is 1.90. The molecule has 0 radical (unpaired) electrons. The first-order valence-corrected chi connectivity index (χ1v) is 7.53. The fourth-order valence-electron chi connectivity index (χ4n) is 3.58. The van der Waals surface area contributed by atoms with Crippen molar-refractivity contribution in [3.05, 3.63) is 35.8 Å². The number of benzene rings is 1. The zero-order chi connectivity index (χ0) is 14.1. The maximum atomic E-state index is 13.3. The second kappa shape index (κ2) is 5.57. The van der Waals surface area contributed by atoms with E-state index in [9.17, 15) is 4.39 Å². The van der Waals surface area contributed by atoms with Gasteiger partial charge in [0.05, 0.1) is 6.04 Å². The largest absolute Gasteiger partial charge is 0.459 e. The Kier molecular flexibility index (Phi) is 3.79. The summed E-state index contributed by atoms with van der Waals surface area (Å²) < 4.78 is 19.2. The fourth-order valence-corrected chi connectivity index (χ4v) is 3.58. The van der Waals surface area contributed by atoms with Gasteiger partial charge in [0.2, 0.25) is 0 Å². The van der Waals surface area contributed by atoms with Gasteiger partial charge < -0.3 is 9.73 Å². The minimum absolute atomic E-state index is 0.211. The highest BCUT2D eigenvalue weighted by atomic mass is 19.1. The van der Waals surface area contributed by atoms with E-state index in [-0.39, 0.29) is 11.9 Å². The highest BCUT2D eigenvalue weighted by Crippen LogP contribution is 2.38. The lowest BCUT2D eigenvalue weighted by Crippen LogP contribution is -2.28. The van der Waals surface area contributed by atoms with Crippen LogP contribution in [0.2, 0.25) is 0 Å². The number of hydrogen-bond acceptors (Lipinski definition) is 2. The molecule has 2 nitrogen and oxygen atoms in total. The molecule has 1 heterocycles. The molecule has 108 valence electrons. The Hall–Kier alpha value is -1.35. The molecule has 3 atom stereocenters. The summed E-state index contributed by atoms with van der Waals surface area (Å²) in [6.45, 7) is 2.33. The highest BCUT2D eigenvalue weighted by Gasteiger charge is 2.29. The molecule has 1 aromatic carbocycles. The second-order valence-electron chi connectivity index (χ2n) is 6.13. The van der Waals surface area contributed by atoms with Crippen LogP contribution in [0.1, 0.15) is 44.4 Å². The van der Waals surface area contributed by atoms with E-state index in [1.54, 1.807) is 12.1 Å². The first-order valence-electron chi connectivity index (χ1n) is 7.53. The molecule has 1 aliphatic rings. The van der Waals surface area contributed by atoms with E-state index in [0.717, 1.165) is 22.6 Å². The topological polar surface area (TPSA) is 25.2 Å². The number of rotatable bonds is 3. The Labute approximate surface area is 119 Å². The van der Waals surface area contributed by atoms with Crippen LogP contribution in [-0.2, 0) is 0 Å². The van der Waals surface area contributed by atoms with Gasteiger partial charge in [0, 0.05) is 5.39 Å². The van der Waals surface area contributed by atoms with Gasteiger partial charge in [0.25, 0.3) is 0 Å². The molecule has 1 aliphatic carbocycles. The van der Waals surface area contributed by atoms with Crippen molar-refractivity contribution in [1.82, 2.24) is 5.32 Å². The minimum Gasteiger partial charge on any atom is -0.459 e. The summed E-state index contributed by atoms with van der Waals surface area (Å²) in [5.41, 5.74) is 0.769. The number of hydrogen-bond donors (Lipinski definition) is 1. The van der Waals surface area contributed by atoms with E-state index in [1.807, 2.05) is 13.1 Å². The third kappa shape index (κ3) is 2.59. The molecule has 0 spiro atoms. The quantitative estimate of drug-likeness (QED) is 0.881. The summed E-state index contributed by atoms with van der Waals surface area (Å²) in [5, 5.41) is 4.25. The van der Waals surface area contributed by atoms with Gasteiger partial charge in [-0.15, -0.1) is 0 Å². The molecular formula is C17H22FNO. The van der Waals surface area contributed by atoms with Gasteiger partial charge >= 0.3 is 0 Å². The molecule has 20 heavy (non-hydrogen) atoms. The summed E-state index contributed by atoms with van der Waals surface area (Å²) in [6.07, 6.45) is 5.09. The molecule has 0 aliphatic heterocycles. The standard InChI is InChI=1S/C17H22FNO/c1-11-4-3-5-12(8-11)17(19-2)16-10-13-9-14(18)6-7-15(13)20-16/h6-7,9-12,17,19H,3-5,8H2,1-2H3. The third-order valence-electron chi connectivity index (χ3n) is 4.56. The van der Waals surface area contributed by atoms with Crippen molar-refractivity contribution in [2.75, 3.05) is 7.05 Å². The summed E-state index contributed by atoms with van der Waals surface area (Å²) in [4.78, 5) is 0. The van der Waals surface area contributed by atoms with Gasteiger partial charge in [0.1, 0.15) is 17.2 Å². The third-order valence-corrected chi connectivity index (χ3v) is 4.56. The Morgan fingerprint density at radius 2 is 2.15 bits per heavy atom. The normalized spacial score (nSPS) is 24.9. The molecule has 3 unspecified atom stereocenters. The lowest BCUT2D eigenvalue weighted by Gasteiger charge is -2.32. The van der Waals surface area contributed by atoms with E-state index < -0.39 is 0 Å². The highest BCUT2D eigenvalue weighted by molar-refractivity contribution is 5.78. The predicted octanol–water partition coefficient (Wildman–Crippen LogP) is 4.66. The molecule has 3 heteroatoms. The van der Waals surface area contributed by atoms with E-state index in [4.69, 9.17) is 4.42 Å². The molecule has 0 saturated heterocycles. The van der Waals surface area contributed by atoms with Gasteiger partial charge in [-0.05, 0) is 56.0 Å². The molecule has 1 aromatic heterocycles. The van der Waals surface area contributed by atoms with Crippen molar-refractivity contribution in [2.45, 2.75) is 38.6 Å². The molecule has 2 aromatic rings. The Morgan fingerprint density at radius 1 is 1.30 bits per heavy atom. The minimum atomic E-state index is -0.211. The molecule has 0 bridgehead atoms. The fraction of sp³-hybridized carbons (Fsp3) is 0.529. The van der Waals surface area contributed by atoms with Crippen molar-refractivity contribution in [2.24, 2.45) is 11.8 Å². The maximum Gasteiger partial charge on any atom is 0.134 e. The number of furan rings is 1. The molecular weight excluding hydrogens is 253 g/mol. The lowest BCUT2D eigenvalue weighted by atomic mass is 9.78. The van der Waals surface area contributed by atoms with Crippen LogP contribution in [0.4, 0.5) is 4.39 Å². The van der Waals surface area contributed by atoms with Crippen LogP contribution in [-0.4, -0.2) is 7.05 Å². The average Bonchev–Trinajstić information content (AvgIpc) is 2.82. The molecule has 0 amide bonds. The van der Waals surface area contributed by atoms with Gasteiger partial charge in [-0.3, -0.25) is 0 Å². The maximum absolute atomic E-state index is 13.3. The smallest absolute Gasteiger partial charge is 0.134 e. The Bertz CT molecular complexity index is 592. The van der Waals surface area contributed by atoms with E-state index in [0.29, 0.717) is 5.92 Å². The first kappa shape index (κ1) is 13.6. The van der Waals surface area contributed by atoms with Crippen LogP contribution in [0.5, 0.6) is 0 Å². The van der Waals surface area contributed by atoms with Crippen LogP contribution >= 0.6 is 0 Å². The van der Waals surface area contributed by atoms with Crippen LogP contribution < -0.4 is 5.32 Å². The number of fused-ring (bicyclic) bond motifs is 1. The van der Waals surface area contributed by atoms with Gasteiger partial charge in [-0.1, -0.05) is 19.8 Å². The van der Waals surface area contributed by atoms with Gasteiger partial charge in [0.15, 0.2) is 0 Å². The lowest BCUT2D eigenvalue weighted by molar-refractivity contribution is 0.214. The van der Waals surface area contributed by atoms with E-state index >= 15 is 0 Å². The van der Waals surface area contributed by atoms with Crippen molar-refractivity contribution in [3.63, 3.8) is 0 Å². The van der Waals surface area contributed by atoms with Crippen LogP contribution in [0.25, 0.3) is 11.0 Å². The zero-order valence-corrected chi connectivity index (χ0v) is 12.2. The summed E-state index contributed by atoms with van der Waals surface area (Å²) >= 11 is 0. The number of nitrogens with one attached hydrogen (secondary N) is 1. The van der Waals surface area contributed by atoms with Crippen LogP contribution in [0.15, 0.2) is 28.7 Å². The molecule has 3 rings (SSSR count). The average molecular weight is 275 g/mol. The monoisotopic (exact) mass is 275 g/mol. The van der Waals surface area contributed by atoms with Crippen molar-refractivity contribution in [3.8, 4) is 0 Å². The SMILES string of the molecule is CNC(c1cc2cc(F)ccc2o1)C1CCCC(C)C1. The van der Waals surface area contributed by atoms with Crippen molar-refractivity contribution in [1.29, 1.82) is 0 Å². The van der Waals surface area contributed by atoms with E-state index in [2.05, 4.69) is 12.2 Å². The molecule has 1 saturated carbocycles. The summed E-state index contributed by atoms with van der Waals surface area (Å²) in [6, 6.07) is 6.92. The summed E-state index contributed by atoms with van der Waals surface area (Å²) in [7, 11) is 1.98. The molecule has 1 N–H and O–H groups in total. The van der Waals surface area contributed by atoms with E-state index in [1.165, 1.54) is 31.7 Å². The van der Waals surface area contributed by atoms with Crippen molar-refractivity contribution >= 4 is 11.0 Å². The van der Waals surface area contributed by atoms with Gasteiger partial charge in [-0.2, -0.15) is 0 Å². The van der Waals surface area contributed by atoms with Gasteiger partial charge in [-0.25, -0.2) is 4.39 Å². The Morgan fingerprint density at radius 3 is 2.90 bits per heavy atom. The zero-order valence-electron chi connectivity index (χ0n) is 12.2. The predicted molar refractivity (Wildman–Crippen MR) is 79.1 cm³/mol. The molecule has 1 fully saturated rings. The summed E-state index contributed by atoms with van der Waals surface area (Å²) in [5.74, 6) is 2.12. The first-order chi connectivity index (χ1) is 9.67. The number of halogens is 1. The van der Waals surface area contributed by atoms with Crippen LogP contribution in [0, 0.1) is 17.7 Å². The van der Waals surface area contributed by atoms with Crippen LogP contribution in [0.3, 0.4) is 0 Å². The van der Waals surface area contributed by atoms with Crippen molar-refractivity contribution < 1.29 is 8.81 Å². The second-order valence-corrected chi connectivity index (χ2v) is 6.13.